The molecule has 0 heterocycles. The van der Waals surface area contributed by atoms with Crippen LogP contribution in [0.3, 0.4) is 0 Å². The maximum atomic E-state index is 11.3. The lowest BCUT2D eigenvalue weighted by Crippen LogP contribution is -2.31. The van der Waals surface area contributed by atoms with Crippen LogP contribution in [0, 0.1) is 0 Å². The first kappa shape index (κ1) is 15.8. The Bertz CT molecular complexity index is 583. The number of amides is 1. The standard InChI is InChI=1S/C12H16ClNO4S/c1-7(2)10-6-9(19(13,16)17)4-5-11(10)18-8(3)12(14)15/h4-8H,1-3H3,(H2,14,15). The highest BCUT2D eigenvalue weighted by Gasteiger charge is 2.18. The molecule has 1 amide bonds. The second-order valence-electron chi connectivity index (χ2n) is 4.45. The summed E-state index contributed by atoms with van der Waals surface area (Å²) in [5, 5.41) is 0. The molecule has 0 radical (unpaired) electrons. The molecule has 0 aliphatic heterocycles. The number of halogens is 1. The van der Waals surface area contributed by atoms with Crippen LogP contribution in [0.25, 0.3) is 0 Å². The number of primary amides is 1. The molecule has 1 atom stereocenters. The molecule has 0 aromatic heterocycles. The molecule has 1 unspecified atom stereocenters. The van der Waals surface area contributed by atoms with E-state index in [0.717, 1.165) is 0 Å². The summed E-state index contributed by atoms with van der Waals surface area (Å²) in [6.45, 7) is 5.28. The zero-order valence-corrected chi connectivity index (χ0v) is 12.5. The van der Waals surface area contributed by atoms with Gasteiger partial charge in [0.05, 0.1) is 4.90 Å². The van der Waals surface area contributed by atoms with Crippen molar-refractivity contribution in [2.45, 2.75) is 37.7 Å². The van der Waals surface area contributed by atoms with Crippen LogP contribution in [0.1, 0.15) is 32.3 Å². The molecule has 2 N–H and O–H groups in total. The van der Waals surface area contributed by atoms with Crippen molar-refractivity contribution < 1.29 is 17.9 Å². The van der Waals surface area contributed by atoms with Crippen LogP contribution in [0.15, 0.2) is 23.1 Å². The molecule has 0 fully saturated rings. The summed E-state index contributed by atoms with van der Waals surface area (Å²) in [5.41, 5.74) is 5.78. The SMILES string of the molecule is CC(Oc1ccc(S(=O)(=O)Cl)cc1C(C)C)C(N)=O. The summed E-state index contributed by atoms with van der Waals surface area (Å²) in [6.07, 6.45) is -0.795. The van der Waals surface area contributed by atoms with Crippen LogP contribution in [-0.4, -0.2) is 20.4 Å². The van der Waals surface area contributed by atoms with Gasteiger partial charge in [-0.15, -0.1) is 0 Å². The number of carbonyl (C=O) groups is 1. The largest absolute Gasteiger partial charge is 0.481 e. The van der Waals surface area contributed by atoms with Crippen molar-refractivity contribution >= 4 is 25.6 Å². The molecular formula is C12H16ClNO4S. The summed E-state index contributed by atoms with van der Waals surface area (Å²) in [4.78, 5) is 11.0. The van der Waals surface area contributed by atoms with E-state index in [2.05, 4.69) is 0 Å². The number of hydrogen-bond donors (Lipinski definition) is 1. The van der Waals surface area contributed by atoms with Crippen LogP contribution in [0.2, 0.25) is 0 Å². The lowest BCUT2D eigenvalue weighted by molar-refractivity contribution is -0.124. The predicted octanol–water partition coefficient (Wildman–Crippen LogP) is 1.99. The molecule has 7 heteroatoms. The highest BCUT2D eigenvalue weighted by molar-refractivity contribution is 8.13. The summed E-state index contributed by atoms with van der Waals surface area (Å²) in [7, 11) is 1.51. The number of ether oxygens (including phenoxy) is 1. The fourth-order valence-electron chi connectivity index (χ4n) is 1.49. The third-order valence-corrected chi connectivity index (χ3v) is 3.94. The third-order valence-electron chi connectivity index (χ3n) is 2.59. The topological polar surface area (TPSA) is 86.5 Å². The average Bonchev–Trinajstić information content (AvgIpc) is 2.27. The monoisotopic (exact) mass is 305 g/mol. The van der Waals surface area contributed by atoms with Gasteiger partial charge in [0.1, 0.15) is 5.75 Å². The second-order valence-corrected chi connectivity index (χ2v) is 7.02. The van der Waals surface area contributed by atoms with Crippen LogP contribution >= 0.6 is 10.7 Å². The van der Waals surface area contributed by atoms with E-state index < -0.39 is 21.1 Å². The quantitative estimate of drug-likeness (QED) is 0.843. The molecule has 19 heavy (non-hydrogen) atoms. The van der Waals surface area contributed by atoms with Gasteiger partial charge in [0.25, 0.3) is 15.0 Å². The second kappa shape index (κ2) is 5.79. The van der Waals surface area contributed by atoms with Crippen LogP contribution in [-0.2, 0) is 13.8 Å². The maximum absolute atomic E-state index is 11.3. The molecule has 0 bridgehead atoms. The van der Waals surface area contributed by atoms with Crippen molar-refractivity contribution in [2.24, 2.45) is 5.73 Å². The van der Waals surface area contributed by atoms with Gasteiger partial charge in [0.15, 0.2) is 6.10 Å². The van der Waals surface area contributed by atoms with Gasteiger partial charge in [-0.2, -0.15) is 0 Å². The van der Waals surface area contributed by atoms with Gasteiger partial charge in [0.2, 0.25) is 0 Å². The van der Waals surface area contributed by atoms with Crippen LogP contribution in [0.4, 0.5) is 0 Å². The maximum Gasteiger partial charge on any atom is 0.261 e. The van der Waals surface area contributed by atoms with E-state index in [1.807, 2.05) is 13.8 Å². The smallest absolute Gasteiger partial charge is 0.261 e. The van der Waals surface area contributed by atoms with E-state index in [1.165, 1.54) is 25.1 Å². The zero-order chi connectivity index (χ0) is 14.8. The van der Waals surface area contributed by atoms with E-state index in [1.54, 1.807) is 0 Å². The van der Waals surface area contributed by atoms with Gasteiger partial charge in [-0.3, -0.25) is 4.79 Å². The van der Waals surface area contributed by atoms with E-state index in [0.29, 0.717) is 11.3 Å². The van der Waals surface area contributed by atoms with Crippen molar-refractivity contribution in [3.05, 3.63) is 23.8 Å². The minimum Gasteiger partial charge on any atom is -0.481 e. The number of benzene rings is 1. The Hall–Kier alpha value is -1.27. The molecule has 0 aliphatic carbocycles. The first-order valence-corrected chi connectivity index (χ1v) is 7.98. The van der Waals surface area contributed by atoms with Crippen LogP contribution < -0.4 is 10.5 Å². The van der Waals surface area contributed by atoms with Gasteiger partial charge in [-0.05, 0) is 36.6 Å². The van der Waals surface area contributed by atoms with E-state index in [9.17, 15) is 13.2 Å². The minimum absolute atomic E-state index is 0.00283. The summed E-state index contributed by atoms with van der Waals surface area (Å²) in [6, 6.07) is 4.25. The van der Waals surface area contributed by atoms with Crippen molar-refractivity contribution in [2.75, 3.05) is 0 Å². The molecule has 1 aromatic carbocycles. The van der Waals surface area contributed by atoms with E-state index >= 15 is 0 Å². The Morgan fingerprint density at radius 2 is 1.89 bits per heavy atom. The zero-order valence-electron chi connectivity index (χ0n) is 10.9. The molecule has 0 saturated heterocycles. The summed E-state index contributed by atoms with van der Waals surface area (Å²) in [5.74, 6) is -0.164. The number of nitrogens with two attached hydrogens (primary N) is 1. The number of rotatable bonds is 5. The molecule has 1 rings (SSSR count). The average molecular weight is 306 g/mol. The number of carbonyl (C=O) groups excluding carboxylic acids is 1. The highest BCUT2D eigenvalue weighted by Crippen LogP contribution is 2.30. The van der Waals surface area contributed by atoms with Crippen molar-refractivity contribution in [3.63, 3.8) is 0 Å². The Morgan fingerprint density at radius 1 is 1.32 bits per heavy atom. The lowest BCUT2D eigenvalue weighted by atomic mass is 10.0. The van der Waals surface area contributed by atoms with Gasteiger partial charge in [-0.1, -0.05) is 13.8 Å². The number of hydrogen-bond acceptors (Lipinski definition) is 4. The molecule has 0 saturated carbocycles. The molecular weight excluding hydrogens is 290 g/mol. The van der Waals surface area contributed by atoms with Crippen molar-refractivity contribution in [3.8, 4) is 5.75 Å². The molecule has 106 valence electrons. The molecule has 1 aromatic rings. The van der Waals surface area contributed by atoms with Crippen LogP contribution in [0.5, 0.6) is 5.75 Å². The van der Waals surface area contributed by atoms with E-state index in [4.69, 9.17) is 21.2 Å². The first-order chi connectivity index (χ1) is 8.62. The minimum atomic E-state index is -3.80. The Balaban J connectivity index is 3.23. The van der Waals surface area contributed by atoms with Gasteiger partial charge in [-0.25, -0.2) is 8.42 Å². The molecule has 0 aliphatic rings. The first-order valence-electron chi connectivity index (χ1n) is 5.67. The summed E-state index contributed by atoms with van der Waals surface area (Å²) < 4.78 is 28.0. The van der Waals surface area contributed by atoms with Gasteiger partial charge in [0, 0.05) is 10.7 Å². The van der Waals surface area contributed by atoms with Crippen molar-refractivity contribution in [1.82, 2.24) is 0 Å². The van der Waals surface area contributed by atoms with Crippen molar-refractivity contribution in [1.29, 1.82) is 0 Å². The van der Waals surface area contributed by atoms with Gasteiger partial charge >= 0.3 is 0 Å². The van der Waals surface area contributed by atoms with Gasteiger partial charge < -0.3 is 10.5 Å². The Morgan fingerprint density at radius 3 is 2.32 bits per heavy atom. The highest BCUT2D eigenvalue weighted by atomic mass is 35.7. The Kier molecular flexibility index (Phi) is 4.81. The van der Waals surface area contributed by atoms with E-state index in [-0.39, 0.29) is 10.8 Å². The predicted molar refractivity (Wildman–Crippen MR) is 72.9 cm³/mol. The fraction of sp³-hybridized carbons (Fsp3) is 0.417. The third kappa shape index (κ3) is 4.11. The summed E-state index contributed by atoms with van der Waals surface area (Å²) >= 11 is 0. The lowest BCUT2D eigenvalue weighted by Gasteiger charge is -2.17. The normalized spacial score (nSPS) is 13.3. The Labute approximate surface area is 117 Å². The fourth-order valence-corrected chi connectivity index (χ4v) is 2.27. The molecule has 5 nitrogen and oxygen atoms in total. The molecule has 0 spiro atoms.